The average Bonchev–Trinajstić information content (AvgIpc) is 2.63. The molecule has 112 valence electrons. The van der Waals surface area contributed by atoms with Gasteiger partial charge in [0.25, 0.3) is 5.91 Å². The molecule has 0 saturated heterocycles. The van der Waals surface area contributed by atoms with Gasteiger partial charge in [-0.3, -0.25) is 4.79 Å². The van der Waals surface area contributed by atoms with Crippen LogP contribution < -0.4 is 10.1 Å². The third-order valence-electron chi connectivity index (χ3n) is 2.16. The molecule has 0 aliphatic heterocycles. The maximum absolute atomic E-state index is 12.2. The molecule has 0 fully saturated rings. The van der Waals surface area contributed by atoms with Gasteiger partial charge in [-0.15, -0.1) is 11.3 Å². The molecule has 1 amide bonds. The predicted octanol–water partition coefficient (Wildman–Crippen LogP) is 2.24. The highest BCUT2D eigenvalue weighted by Crippen LogP contribution is 2.43. The number of rotatable bonds is 6. The van der Waals surface area contributed by atoms with Crippen molar-refractivity contribution >= 4 is 55.1 Å². The summed E-state index contributed by atoms with van der Waals surface area (Å²) in [4.78, 5) is 23.0. The lowest BCUT2D eigenvalue weighted by atomic mass is 10.1. The number of amides is 1. The molecule has 0 aromatic carbocycles. The summed E-state index contributed by atoms with van der Waals surface area (Å²) in [6.45, 7) is 2.56. The molecule has 0 atom stereocenters. The first-order valence-corrected chi connectivity index (χ1v) is 7.84. The Morgan fingerprint density at radius 2 is 2.00 bits per heavy atom. The van der Waals surface area contributed by atoms with Crippen LogP contribution in [0.1, 0.15) is 23.5 Å². The van der Waals surface area contributed by atoms with Gasteiger partial charge in [-0.1, -0.05) is 0 Å². The zero-order chi connectivity index (χ0) is 15.5. The molecule has 0 radical (unpaired) electrons. The zero-order valence-corrected chi connectivity index (χ0v) is 14.7. The second-order valence-electron chi connectivity index (χ2n) is 4.53. The monoisotopic (exact) mass is 429 g/mol. The van der Waals surface area contributed by atoms with Gasteiger partial charge in [-0.25, -0.2) is 4.79 Å². The smallest absolute Gasteiger partial charge is 0.341 e. The lowest BCUT2D eigenvalue weighted by Crippen LogP contribution is -2.46. The summed E-state index contributed by atoms with van der Waals surface area (Å²) in [5.41, 5.74) is -0.788. The molecule has 6 nitrogen and oxygen atoms in total. The van der Waals surface area contributed by atoms with Gasteiger partial charge in [0.1, 0.15) is 4.88 Å². The van der Waals surface area contributed by atoms with E-state index in [4.69, 9.17) is 14.9 Å². The number of carboxylic acid groups (broad SMARTS) is 1. The molecule has 0 unspecified atom stereocenters. The van der Waals surface area contributed by atoms with Crippen LogP contribution in [0, 0.1) is 0 Å². The Labute approximate surface area is 136 Å². The van der Waals surface area contributed by atoms with Crippen molar-refractivity contribution in [1.82, 2.24) is 5.32 Å². The molecule has 3 N–H and O–H groups in total. The largest absolute Gasteiger partial charge is 0.479 e. The minimum absolute atomic E-state index is 0.163. The minimum Gasteiger partial charge on any atom is -0.479 e. The number of carboxylic acids is 1. The standard InChI is InChI=1S/C11H13Br2NO5S/c1-11(2,4-15)14-10(18)8-7(19-3-5(16)17)6(12)9(13)20-8/h15H,3-4H2,1-2H3,(H,14,18)(H,16,17). The summed E-state index contributed by atoms with van der Waals surface area (Å²) in [5, 5.41) is 20.4. The van der Waals surface area contributed by atoms with Gasteiger partial charge in [0.2, 0.25) is 0 Å². The fourth-order valence-corrected chi connectivity index (χ4v) is 3.30. The van der Waals surface area contributed by atoms with E-state index in [2.05, 4.69) is 37.2 Å². The van der Waals surface area contributed by atoms with Gasteiger partial charge >= 0.3 is 5.97 Å². The number of carbonyl (C=O) groups is 2. The Kier molecular flexibility index (Phi) is 5.99. The Balaban J connectivity index is 3.02. The first-order chi connectivity index (χ1) is 9.18. The summed E-state index contributed by atoms with van der Waals surface area (Å²) < 4.78 is 6.23. The zero-order valence-electron chi connectivity index (χ0n) is 10.7. The molecule has 0 spiro atoms. The van der Waals surface area contributed by atoms with Crippen LogP contribution in [0.15, 0.2) is 8.26 Å². The van der Waals surface area contributed by atoms with Crippen LogP contribution in [-0.4, -0.2) is 40.8 Å². The molecule has 1 aromatic rings. The first-order valence-electron chi connectivity index (χ1n) is 5.43. The predicted molar refractivity (Wildman–Crippen MR) is 81.5 cm³/mol. The third-order valence-corrected chi connectivity index (χ3v) is 5.55. The highest BCUT2D eigenvalue weighted by atomic mass is 79.9. The molecular weight excluding hydrogens is 418 g/mol. The van der Waals surface area contributed by atoms with E-state index in [1.807, 2.05) is 0 Å². The lowest BCUT2D eigenvalue weighted by molar-refractivity contribution is -0.139. The van der Waals surface area contributed by atoms with Crippen molar-refractivity contribution in [1.29, 1.82) is 0 Å². The van der Waals surface area contributed by atoms with E-state index in [1.165, 1.54) is 0 Å². The highest BCUT2D eigenvalue weighted by Gasteiger charge is 2.27. The van der Waals surface area contributed by atoms with Crippen LogP contribution in [0.3, 0.4) is 0 Å². The van der Waals surface area contributed by atoms with E-state index >= 15 is 0 Å². The summed E-state index contributed by atoms with van der Waals surface area (Å²) in [6.07, 6.45) is 0. The van der Waals surface area contributed by atoms with Crippen LogP contribution in [0.2, 0.25) is 0 Å². The van der Waals surface area contributed by atoms with E-state index in [9.17, 15) is 9.59 Å². The number of aliphatic hydroxyl groups excluding tert-OH is 1. The Bertz CT molecular complexity index is 529. The van der Waals surface area contributed by atoms with Crippen LogP contribution in [0.25, 0.3) is 0 Å². The summed E-state index contributed by atoms with van der Waals surface area (Å²) in [6, 6.07) is 0. The molecule has 0 bridgehead atoms. The van der Waals surface area contributed by atoms with Crippen LogP contribution in [0.4, 0.5) is 0 Å². The van der Waals surface area contributed by atoms with Gasteiger partial charge in [0, 0.05) is 0 Å². The van der Waals surface area contributed by atoms with Gasteiger partial charge in [0.05, 0.1) is 20.4 Å². The third kappa shape index (κ3) is 4.44. The topological polar surface area (TPSA) is 95.9 Å². The molecule has 1 aromatic heterocycles. The Hall–Kier alpha value is -0.640. The van der Waals surface area contributed by atoms with Gasteiger partial charge in [-0.2, -0.15) is 0 Å². The molecule has 0 saturated carbocycles. The average molecular weight is 431 g/mol. The fraction of sp³-hybridized carbons (Fsp3) is 0.455. The SMILES string of the molecule is CC(C)(CO)NC(=O)c1sc(Br)c(Br)c1OCC(=O)O. The number of thiophene rings is 1. The maximum Gasteiger partial charge on any atom is 0.341 e. The Morgan fingerprint density at radius 1 is 1.40 bits per heavy atom. The maximum atomic E-state index is 12.2. The number of halogens is 2. The van der Waals surface area contributed by atoms with Gasteiger partial charge in [0.15, 0.2) is 12.4 Å². The second kappa shape index (κ2) is 6.88. The number of hydrogen-bond acceptors (Lipinski definition) is 5. The van der Waals surface area contributed by atoms with Gasteiger partial charge in [-0.05, 0) is 45.7 Å². The molecule has 0 aliphatic carbocycles. The van der Waals surface area contributed by atoms with E-state index < -0.39 is 24.0 Å². The number of aliphatic carboxylic acids is 1. The molecule has 0 aliphatic rings. The van der Waals surface area contributed by atoms with Crippen LogP contribution in [0.5, 0.6) is 5.75 Å². The minimum atomic E-state index is -1.14. The molecule has 1 rings (SSSR count). The van der Waals surface area contributed by atoms with Gasteiger partial charge < -0.3 is 20.3 Å². The van der Waals surface area contributed by atoms with Crippen molar-refractivity contribution in [2.75, 3.05) is 13.2 Å². The number of aliphatic hydroxyl groups is 1. The summed E-state index contributed by atoms with van der Waals surface area (Å²) >= 11 is 7.60. The van der Waals surface area contributed by atoms with Crippen LogP contribution >= 0.6 is 43.2 Å². The van der Waals surface area contributed by atoms with E-state index in [0.717, 1.165) is 11.3 Å². The van der Waals surface area contributed by atoms with Crippen molar-refractivity contribution in [3.05, 3.63) is 13.1 Å². The van der Waals surface area contributed by atoms with Crippen molar-refractivity contribution in [3.63, 3.8) is 0 Å². The molecule has 9 heteroatoms. The molecule has 1 heterocycles. The van der Waals surface area contributed by atoms with E-state index in [-0.39, 0.29) is 17.2 Å². The van der Waals surface area contributed by atoms with Crippen molar-refractivity contribution < 1.29 is 24.5 Å². The van der Waals surface area contributed by atoms with Crippen molar-refractivity contribution in [2.24, 2.45) is 0 Å². The summed E-state index contributed by atoms with van der Waals surface area (Å²) in [5.74, 6) is -1.42. The second-order valence-corrected chi connectivity index (χ2v) is 7.66. The molecular formula is C11H13Br2NO5S. The summed E-state index contributed by atoms with van der Waals surface area (Å²) in [7, 11) is 0. The number of ether oxygens (including phenoxy) is 1. The highest BCUT2D eigenvalue weighted by molar-refractivity contribution is 9.13. The Morgan fingerprint density at radius 3 is 2.50 bits per heavy atom. The van der Waals surface area contributed by atoms with Crippen molar-refractivity contribution in [2.45, 2.75) is 19.4 Å². The number of carbonyl (C=O) groups excluding carboxylic acids is 1. The van der Waals surface area contributed by atoms with E-state index in [1.54, 1.807) is 13.8 Å². The van der Waals surface area contributed by atoms with Crippen LogP contribution in [-0.2, 0) is 4.79 Å². The van der Waals surface area contributed by atoms with E-state index in [0.29, 0.717) is 8.26 Å². The first kappa shape index (κ1) is 17.4. The normalized spacial score (nSPS) is 11.2. The lowest BCUT2D eigenvalue weighted by Gasteiger charge is -2.23. The van der Waals surface area contributed by atoms with Crippen molar-refractivity contribution in [3.8, 4) is 5.75 Å². The number of nitrogens with one attached hydrogen (secondary N) is 1. The quantitative estimate of drug-likeness (QED) is 0.643. The molecule has 20 heavy (non-hydrogen) atoms. The fourth-order valence-electron chi connectivity index (χ4n) is 1.19. The number of hydrogen-bond donors (Lipinski definition) is 3.